The molecule has 0 saturated carbocycles. The Hall–Kier alpha value is -8.88. The Bertz CT molecular complexity index is 3470. The van der Waals surface area contributed by atoms with Gasteiger partial charge in [0.15, 0.2) is 0 Å². The van der Waals surface area contributed by atoms with E-state index < -0.39 is 23.4 Å². The van der Waals surface area contributed by atoms with Crippen molar-refractivity contribution in [2.45, 2.75) is 106 Å². The average molecular weight is 1180 g/mol. The van der Waals surface area contributed by atoms with Crippen molar-refractivity contribution in [3.8, 4) is 44.5 Å². The summed E-state index contributed by atoms with van der Waals surface area (Å²) in [5, 5.41) is 24.2. The van der Waals surface area contributed by atoms with E-state index in [1.807, 2.05) is 138 Å². The lowest BCUT2D eigenvalue weighted by Crippen LogP contribution is -2.32. The number of rotatable bonds is 16. The summed E-state index contributed by atoms with van der Waals surface area (Å²) in [6, 6.07) is 26.2. The van der Waals surface area contributed by atoms with Gasteiger partial charge in [0.1, 0.15) is 21.0 Å². The van der Waals surface area contributed by atoms with Crippen LogP contribution in [0.25, 0.3) is 44.5 Å². The fraction of sp³-hybridized carbons (Fsp3) is 0.312. The predicted octanol–water partition coefficient (Wildman–Crippen LogP) is 12.9. The summed E-state index contributed by atoms with van der Waals surface area (Å²) in [6.45, 7) is 18.9. The minimum absolute atomic E-state index is 0.226. The minimum atomic E-state index is -0.597. The van der Waals surface area contributed by atoms with Crippen molar-refractivity contribution in [3.63, 3.8) is 0 Å². The van der Waals surface area contributed by atoms with Crippen LogP contribution in [0.4, 0.5) is 9.59 Å². The smallest absolute Gasteiger partial charge is 0.407 e. The molecule has 4 N–H and O–H groups in total. The van der Waals surface area contributed by atoms with Crippen LogP contribution in [0.1, 0.15) is 141 Å². The molecule has 4 amide bonds. The maximum Gasteiger partial charge on any atom is 0.407 e. The largest absolute Gasteiger partial charge is 0.465 e. The third-order valence-electron chi connectivity index (χ3n) is 13.1. The van der Waals surface area contributed by atoms with Gasteiger partial charge in [0.25, 0.3) is 11.8 Å². The Balaban J connectivity index is 0.000000241. The zero-order valence-electron chi connectivity index (χ0n) is 49.8. The van der Waals surface area contributed by atoms with Gasteiger partial charge in [0.2, 0.25) is 0 Å². The van der Waals surface area contributed by atoms with Crippen molar-refractivity contribution in [3.05, 3.63) is 175 Å². The van der Waals surface area contributed by atoms with Gasteiger partial charge in [-0.05, 0) is 207 Å². The van der Waals surface area contributed by atoms with Crippen LogP contribution in [-0.4, -0.2) is 80.9 Å². The second kappa shape index (κ2) is 27.0. The highest BCUT2D eigenvalue weighted by atomic mass is 32.1. The van der Waals surface area contributed by atoms with E-state index in [1.165, 1.54) is 36.9 Å². The molecule has 4 heterocycles. The van der Waals surface area contributed by atoms with Crippen molar-refractivity contribution < 1.29 is 47.7 Å². The van der Waals surface area contributed by atoms with E-state index in [-0.39, 0.29) is 48.9 Å². The zero-order chi connectivity index (χ0) is 61.2. The lowest BCUT2D eigenvalue weighted by Gasteiger charge is -2.20. The first-order valence-corrected chi connectivity index (χ1v) is 28.8. The van der Waals surface area contributed by atoms with Gasteiger partial charge in [-0.2, -0.15) is 10.2 Å². The number of aromatic nitrogens is 4. The van der Waals surface area contributed by atoms with Gasteiger partial charge < -0.3 is 40.2 Å². The number of ether oxygens (including phenoxy) is 4. The number of nitrogens with zero attached hydrogens (tertiary/aromatic N) is 4. The number of hydrogen-bond acceptors (Lipinski definition) is 14. The molecule has 0 aliphatic rings. The molecule has 2 atom stereocenters. The topological polar surface area (TPSA) is 223 Å². The number of thiophene rings is 2. The predicted molar refractivity (Wildman–Crippen MR) is 327 cm³/mol. The molecule has 0 spiro atoms. The molecule has 0 aliphatic carbocycles. The number of methoxy groups -OCH3 is 2. The maximum absolute atomic E-state index is 13.5. The molecule has 18 nitrogen and oxygen atoms in total. The first-order valence-electron chi connectivity index (χ1n) is 27.0. The Morgan fingerprint density at radius 2 is 0.869 bits per heavy atom. The summed E-state index contributed by atoms with van der Waals surface area (Å²) in [6.07, 6.45) is 6.41. The number of nitrogens with one attached hydrogen (secondary N) is 4. The summed E-state index contributed by atoms with van der Waals surface area (Å²) < 4.78 is 23.8. The molecule has 8 rings (SSSR count). The van der Waals surface area contributed by atoms with Crippen LogP contribution < -0.4 is 21.3 Å². The SMILES string of the molecule is COC(=O)c1cc(-c2cc(-c3cnn(C)c3)cc(C(C)NC(=O)c3cc(CNC(=O)OC(C)(C)C)ccc3C)c2)cs1.COC(=O)c1cc(-c2cc(-c3cnn(C)c3)cc(C(C)NC(=O)c3cc(CNC(=O)OC(C)(C)C)ccc3C)c2)cs1. The molecule has 440 valence electrons. The van der Waals surface area contributed by atoms with E-state index in [1.54, 1.807) is 75.4 Å². The van der Waals surface area contributed by atoms with Crippen molar-refractivity contribution in [2.75, 3.05) is 14.2 Å². The molecule has 0 bridgehead atoms. The van der Waals surface area contributed by atoms with E-state index >= 15 is 0 Å². The molecule has 0 aliphatic heterocycles. The quantitative estimate of drug-likeness (QED) is 0.0524. The van der Waals surface area contributed by atoms with Crippen molar-refractivity contribution in [2.24, 2.45) is 14.1 Å². The van der Waals surface area contributed by atoms with E-state index in [9.17, 15) is 28.8 Å². The molecule has 4 aromatic heterocycles. The van der Waals surface area contributed by atoms with Gasteiger partial charge in [0, 0.05) is 61.8 Å². The maximum atomic E-state index is 13.5. The highest BCUT2D eigenvalue weighted by molar-refractivity contribution is 7.12. The molecule has 2 unspecified atom stereocenters. The summed E-state index contributed by atoms with van der Waals surface area (Å²) in [4.78, 5) is 76.3. The number of hydrogen-bond donors (Lipinski definition) is 4. The van der Waals surface area contributed by atoms with E-state index in [4.69, 9.17) is 18.9 Å². The van der Waals surface area contributed by atoms with Gasteiger partial charge in [-0.3, -0.25) is 19.0 Å². The standard InChI is InChI=1S/2C32H36N4O5S/c2*1-19-8-9-21(15-33-31(39)41-32(3,4)5)10-27(19)29(37)35-20(2)22-11-23(25-14-28(42-18-25)30(38)40-7)13-24(12-22)26-16-34-36(6)17-26/h2*8-14,16-18,20H,15H2,1-7H3,(H,33,39)(H,35,37). The second-order valence-corrected chi connectivity index (χ2v) is 24.1. The fourth-order valence-corrected chi connectivity index (χ4v) is 10.4. The Labute approximate surface area is 497 Å². The molecule has 20 heteroatoms. The van der Waals surface area contributed by atoms with Crippen LogP contribution >= 0.6 is 22.7 Å². The van der Waals surface area contributed by atoms with Crippen LogP contribution in [0.3, 0.4) is 0 Å². The van der Waals surface area contributed by atoms with E-state index in [0.29, 0.717) is 20.9 Å². The van der Waals surface area contributed by atoms with Crippen LogP contribution in [0.2, 0.25) is 0 Å². The van der Waals surface area contributed by atoms with Gasteiger partial charge in [-0.15, -0.1) is 22.7 Å². The molecule has 4 aromatic carbocycles. The Kier molecular flexibility index (Phi) is 20.2. The van der Waals surface area contributed by atoms with Gasteiger partial charge in [-0.1, -0.05) is 24.3 Å². The minimum Gasteiger partial charge on any atom is -0.465 e. The number of carbonyl (C=O) groups excluding carboxylic acids is 6. The number of benzene rings is 4. The molecule has 0 fully saturated rings. The number of alkyl carbamates (subject to hydrolysis) is 2. The average Bonchev–Trinajstić information content (AvgIpc) is 4.51. The first kappa shape index (κ1) is 62.7. The lowest BCUT2D eigenvalue weighted by atomic mass is 9.95. The normalized spacial score (nSPS) is 12.0. The van der Waals surface area contributed by atoms with Crippen LogP contribution in [-0.2, 0) is 46.1 Å². The molecule has 8 aromatic rings. The van der Waals surface area contributed by atoms with Gasteiger partial charge in [-0.25, -0.2) is 19.2 Å². The van der Waals surface area contributed by atoms with Gasteiger partial charge in [0.05, 0.1) is 38.7 Å². The third-order valence-corrected chi connectivity index (χ3v) is 14.9. The first-order chi connectivity index (χ1) is 39.6. The molecule has 0 saturated heterocycles. The Morgan fingerprint density at radius 3 is 1.19 bits per heavy atom. The fourth-order valence-electron chi connectivity index (χ4n) is 8.74. The number of amides is 4. The summed E-state index contributed by atoms with van der Waals surface area (Å²) in [7, 11) is 6.44. The molecule has 0 radical (unpaired) electrons. The van der Waals surface area contributed by atoms with Crippen molar-refractivity contribution in [1.29, 1.82) is 0 Å². The van der Waals surface area contributed by atoms with Gasteiger partial charge >= 0.3 is 24.1 Å². The molecular weight excluding hydrogens is 1100 g/mol. The third kappa shape index (κ3) is 17.1. The second-order valence-electron chi connectivity index (χ2n) is 22.3. The lowest BCUT2D eigenvalue weighted by molar-refractivity contribution is 0.0512. The monoisotopic (exact) mass is 1180 g/mol. The summed E-state index contributed by atoms with van der Waals surface area (Å²) in [5.41, 5.74) is 12.2. The Morgan fingerprint density at radius 1 is 0.512 bits per heavy atom. The van der Waals surface area contributed by atoms with Crippen LogP contribution in [0.5, 0.6) is 0 Å². The number of aryl methyl sites for hydroxylation is 4. The molecule has 84 heavy (non-hydrogen) atoms. The highest BCUT2D eigenvalue weighted by Crippen LogP contribution is 2.35. The van der Waals surface area contributed by atoms with E-state index in [0.717, 1.165) is 77.9 Å². The molecular formula is C64H72N8O10S2. The number of esters is 2. The van der Waals surface area contributed by atoms with Crippen molar-refractivity contribution >= 4 is 58.6 Å². The zero-order valence-corrected chi connectivity index (χ0v) is 51.4. The highest BCUT2D eigenvalue weighted by Gasteiger charge is 2.22. The van der Waals surface area contributed by atoms with Crippen molar-refractivity contribution in [1.82, 2.24) is 40.8 Å². The van der Waals surface area contributed by atoms with Crippen LogP contribution in [0, 0.1) is 13.8 Å². The number of carbonyl (C=O) groups is 6. The van der Waals surface area contributed by atoms with Crippen LogP contribution in [0.15, 0.2) is 120 Å². The summed E-state index contributed by atoms with van der Waals surface area (Å²) >= 11 is 2.64. The summed E-state index contributed by atoms with van der Waals surface area (Å²) in [5.74, 6) is -1.21. The van der Waals surface area contributed by atoms with E-state index in [2.05, 4.69) is 31.5 Å².